The van der Waals surface area contributed by atoms with E-state index in [0.717, 1.165) is 0 Å². The summed E-state index contributed by atoms with van der Waals surface area (Å²) in [6.07, 6.45) is 0. The molecule has 0 amide bonds. The van der Waals surface area contributed by atoms with Gasteiger partial charge in [-0.2, -0.15) is 0 Å². The van der Waals surface area contributed by atoms with Gasteiger partial charge in [0, 0.05) is 17.4 Å². The minimum atomic E-state index is -1.00. The lowest BCUT2D eigenvalue weighted by molar-refractivity contribution is -0.132. The molecule has 1 rings (SSSR count). The van der Waals surface area contributed by atoms with Gasteiger partial charge in [-0.25, -0.2) is 4.79 Å². The zero-order valence-corrected chi connectivity index (χ0v) is 9.99. The number of thioether (sulfide) groups is 1. The number of nitrogens with two attached hydrogens (primary N) is 1. The van der Waals surface area contributed by atoms with Crippen molar-refractivity contribution in [3.63, 3.8) is 0 Å². The summed E-state index contributed by atoms with van der Waals surface area (Å²) in [6.45, 7) is 7.35. The Bertz CT molecular complexity index is 414. The average molecular weight is 242 g/mol. The molecule has 0 aliphatic heterocycles. The number of carboxylic acids is 1. The van der Waals surface area contributed by atoms with E-state index >= 15 is 0 Å². The molecule has 3 N–H and O–H groups in total. The lowest BCUT2D eigenvalue weighted by Crippen LogP contribution is -2.08. The van der Waals surface area contributed by atoms with E-state index in [0.29, 0.717) is 11.1 Å². The van der Waals surface area contributed by atoms with Crippen LogP contribution >= 0.6 is 11.8 Å². The third kappa shape index (κ3) is 2.75. The summed E-state index contributed by atoms with van der Waals surface area (Å²) >= 11 is 1.26. The lowest BCUT2D eigenvalue weighted by Gasteiger charge is -2.10. The molecule has 0 saturated carbocycles. The van der Waals surface area contributed by atoms with Crippen molar-refractivity contribution in [3.05, 3.63) is 12.2 Å². The SMILES string of the molecule is C=C(CSc1nnc(N)n1C(C)C)C(=O)O. The standard InChI is InChI=1S/C9H14N4O2S/c1-5(2)13-8(10)11-12-9(13)16-4-6(3)7(14)15/h5H,3-4H2,1-2H3,(H2,10,11)(H,14,15). The highest BCUT2D eigenvalue weighted by Gasteiger charge is 2.14. The van der Waals surface area contributed by atoms with Crippen molar-refractivity contribution in [2.24, 2.45) is 0 Å². The van der Waals surface area contributed by atoms with Gasteiger partial charge in [0.2, 0.25) is 5.95 Å². The second-order valence-corrected chi connectivity index (χ2v) is 4.44. The number of carboxylic acid groups (broad SMARTS) is 1. The van der Waals surface area contributed by atoms with E-state index in [4.69, 9.17) is 10.8 Å². The Hall–Kier alpha value is -1.50. The highest BCUT2D eigenvalue weighted by Crippen LogP contribution is 2.23. The fourth-order valence-electron chi connectivity index (χ4n) is 1.09. The smallest absolute Gasteiger partial charge is 0.331 e. The van der Waals surface area contributed by atoms with E-state index in [1.54, 1.807) is 4.57 Å². The maximum Gasteiger partial charge on any atom is 0.331 e. The Kier molecular flexibility index (Phi) is 3.94. The van der Waals surface area contributed by atoms with Crippen LogP contribution in [0.2, 0.25) is 0 Å². The Labute approximate surface area is 97.5 Å². The molecule has 0 aromatic carbocycles. The molecule has 0 unspecified atom stereocenters. The van der Waals surface area contributed by atoms with Crippen LogP contribution < -0.4 is 5.73 Å². The zero-order valence-electron chi connectivity index (χ0n) is 9.17. The van der Waals surface area contributed by atoms with Gasteiger partial charge in [-0.1, -0.05) is 18.3 Å². The fraction of sp³-hybridized carbons (Fsp3) is 0.444. The maximum absolute atomic E-state index is 10.6. The molecule has 1 aromatic heterocycles. The van der Waals surface area contributed by atoms with Crippen LogP contribution in [0.1, 0.15) is 19.9 Å². The van der Waals surface area contributed by atoms with E-state index in [1.165, 1.54) is 11.8 Å². The molecule has 0 atom stereocenters. The van der Waals surface area contributed by atoms with Gasteiger partial charge in [0.25, 0.3) is 0 Å². The minimum Gasteiger partial charge on any atom is -0.478 e. The summed E-state index contributed by atoms with van der Waals surface area (Å²) in [4.78, 5) is 10.6. The molecule has 88 valence electrons. The van der Waals surface area contributed by atoms with E-state index in [9.17, 15) is 4.79 Å². The normalized spacial score (nSPS) is 10.7. The fourth-order valence-corrected chi connectivity index (χ4v) is 2.05. The lowest BCUT2D eigenvalue weighted by atomic mass is 10.4. The first-order valence-electron chi connectivity index (χ1n) is 4.67. The van der Waals surface area contributed by atoms with Crippen LogP contribution in [0.25, 0.3) is 0 Å². The van der Waals surface area contributed by atoms with Gasteiger partial charge in [0.1, 0.15) is 0 Å². The van der Waals surface area contributed by atoms with Crippen molar-refractivity contribution in [1.29, 1.82) is 0 Å². The van der Waals surface area contributed by atoms with E-state index < -0.39 is 5.97 Å². The highest BCUT2D eigenvalue weighted by atomic mass is 32.2. The largest absolute Gasteiger partial charge is 0.478 e. The minimum absolute atomic E-state index is 0.127. The summed E-state index contributed by atoms with van der Waals surface area (Å²) in [5.41, 5.74) is 5.77. The predicted octanol–water partition coefficient (Wildman–Crippen LogP) is 1.17. The summed E-state index contributed by atoms with van der Waals surface area (Å²) in [7, 11) is 0. The predicted molar refractivity (Wildman–Crippen MR) is 62.3 cm³/mol. The summed E-state index contributed by atoms with van der Waals surface area (Å²) in [5.74, 6) is -0.408. The molecule has 0 aliphatic rings. The summed E-state index contributed by atoms with van der Waals surface area (Å²) in [5, 5.41) is 16.9. The Morgan fingerprint density at radius 3 is 2.75 bits per heavy atom. The van der Waals surface area contributed by atoms with E-state index in [1.807, 2.05) is 13.8 Å². The number of nitrogens with zero attached hydrogens (tertiary/aromatic N) is 3. The molecule has 0 bridgehead atoms. The maximum atomic E-state index is 10.6. The molecule has 0 fully saturated rings. The van der Waals surface area contributed by atoms with Crippen LogP contribution in [-0.4, -0.2) is 31.6 Å². The molecule has 0 saturated heterocycles. The summed E-state index contributed by atoms with van der Waals surface area (Å²) in [6, 6.07) is 0.135. The number of hydrogen-bond donors (Lipinski definition) is 2. The Morgan fingerprint density at radius 2 is 2.25 bits per heavy atom. The van der Waals surface area contributed by atoms with E-state index in [-0.39, 0.29) is 17.4 Å². The van der Waals surface area contributed by atoms with Crippen LogP contribution in [0, 0.1) is 0 Å². The molecular weight excluding hydrogens is 228 g/mol. The first kappa shape index (κ1) is 12.6. The molecule has 0 spiro atoms. The van der Waals surface area contributed by atoms with Gasteiger partial charge < -0.3 is 10.8 Å². The van der Waals surface area contributed by atoms with Gasteiger partial charge in [-0.15, -0.1) is 10.2 Å². The van der Waals surface area contributed by atoms with Gasteiger partial charge in [-0.3, -0.25) is 4.57 Å². The first-order valence-corrected chi connectivity index (χ1v) is 5.66. The van der Waals surface area contributed by atoms with Crippen molar-refractivity contribution in [2.45, 2.75) is 25.0 Å². The topological polar surface area (TPSA) is 94.0 Å². The van der Waals surface area contributed by atoms with Gasteiger partial charge in [0.05, 0.1) is 0 Å². The van der Waals surface area contributed by atoms with Crippen LogP contribution in [0.5, 0.6) is 0 Å². The Morgan fingerprint density at radius 1 is 1.62 bits per heavy atom. The van der Waals surface area contributed by atoms with Crippen molar-refractivity contribution in [3.8, 4) is 0 Å². The number of carbonyl (C=O) groups is 1. The van der Waals surface area contributed by atoms with Crippen LogP contribution in [0.4, 0.5) is 5.95 Å². The van der Waals surface area contributed by atoms with Gasteiger partial charge in [0.15, 0.2) is 5.16 Å². The Balaban J connectivity index is 2.75. The average Bonchev–Trinajstić information content (AvgIpc) is 2.55. The molecule has 1 aromatic rings. The molecular formula is C9H14N4O2S. The molecule has 16 heavy (non-hydrogen) atoms. The van der Waals surface area contributed by atoms with Crippen LogP contribution in [0.15, 0.2) is 17.3 Å². The quantitative estimate of drug-likeness (QED) is 0.594. The number of rotatable bonds is 5. The van der Waals surface area contributed by atoms with Gasteiger partial charge >= 0.3 is 5.97 Å². The second kappa shape index (κ2) is 5.02. The third-order valence-corrected chi connectivity index (χ3v) is 2.91. The second-order valence-electron chi connectivity index (χ2n) is 3.50. The first-order chi connectivity index (χ1) is 7.43. The van der Waals surface area contributed by atoms with Gasteiger partial charge in [-0.05, 0) is 13.8 Å². The third-order valence-electron chi connectivity index (χ3n) is 1.89. The monoisotopic (exact) mass is 242 g/mol. The number of aromatic nitrogens is 3. The van der Waals surface area contributed by atoms with Crippen molar-refractivity contribution < 1.29 is 9.90 Å². The van der Waals surface area contributed by atoms with Crippen LogP contribution in [-0.2, 0) is 4.79 Å². The van der Waals surface area contributed by atoms with Crippen molar-refractivity contribution in [1.82, 2.24) is 14.8 Å². The number of nitrogen functional groups attached to an aromatic ring is 1. The molecule has 6 nitrogen and oxygen atoms in total. The number of aliphatic carboxylic acids is 1. The van der Waals surface area contributed by atoms with Crippen molar-refractivity contribution in [2.75, 3.05) is 11.5 Å². The highest BCUT2D eigenvalue weighted by molar-refractivity contribution is 7.99. The molecule has 0 radical (unpaired) electrons. The zero-order chi connectivity index (χ0) is 12.3. The molecule has 0 aliphatic carbocycles. The van der Waals surface area contributed by atoms with Crippen LogP contribution in [0.3, 0.4) is 0 Å². The van der Waals surface area contributed by atoms with E-state index in [2.05, 4.69) is 16.8 Å². The molecule has 1 heterocycles. The number of hydrogen-bond acceptors (Lipinski definition) is 5. The van der Waals surface area contributed by atoms with Crippen molar-refractivity contribution >= 4 is 23.7 Å². The number of anilines is 1. The molecule has 7 heteroatoms. The summed E-state index contributed by atoms with van der Waals surface area (Å²) < 4.78 is 1.75.